The molecule has 0 N–H and O–H groups in total. The van der Waals surface area contributed by atoms with E-state index in [1.807, 2.05) is 26.0 Å². The number of piperazine rings is 1. The molecule has 0 spiro atoms. The van der Waals surface area contributed by atoms with E-state index < -0.39 is 11.8 Å². The SMILES string of the molecule is CC#Cc1cc(C)c(C2C(=O)CC(C(=O)N3CCN(C(C)=O)CC3)CC2=O)c(C)c1. The first-order chi connectivity index (χ1) is 14.2. The molecule has 0 atom stereocenters. The molecule has 6 nitrogen and oxygen atoms in total. The molecule has 1 saturated carbocycles. The Hall–Kier alpha value is -2.94. The Morgan fingerprint density at radius 1 is 0.933 bits per heavy atom. The van der Waals surface area contributed by atoms with Gasteiger partial charge in [0.1, 0.15) is 17.5 Å². The van der Waals surface area contributed by atoms with E-state index >= 15 is 0 Å². The largest absolute Gasteiger partial charge is 0.339 e. The van der Waals surface area contributed by atoms with Crippen molar-refractivity contribution in [1.29, 1.82) is 0 Å². The lowest BCUT2D eigenvalue weighted by molar-refractivity contribution is -0.147. The Morgan fingerprint density at radius 2 is 1.43 bits per heavy atom. The van der Waals surface area contributed by atoms with Crippen molar-refractivity contribution >= 4 is 23.4 Å². The number of Topliss-reactive ketones (excluding diaryl/α,β-unsaturated/α-hetero) is 2. The fourth-order valence-electron chi connectivity index (χ4n) is 4.62. The summed E-state index contributed by atoms with van der Waals surface area (Å²) in [6.45, 7) is 8.95. The van der Waals surface area contributed by atoms with E-state index in [2.05, 4.69) is 11.8 Å². The molecule has 1 saturated heterocycles. The molecule has 1 aromatic carbocycles. The highest BCUT2D eigenvalue weighted by Gasteiger charge is 2.42. The van der Waals surface area contributed by atoms with Crippen molar-refractivity contribution in [3.8, 4) is 11.8 Å². The minimum Gasteiger partial charge on any atom is -0.339 e. The summed E-state index contributed by atoms with van der Waals surface area (Å²) in [5, 5.41) is 0. The number of carbonyl (C=O) groups excluding carboxylic acids is 4. The highest BCUT2D eigenvalue weighted by Crippen LogP contribution is 2.35. The number of aryl methyl sites for hydroxylation is 2. The van der Waals surface area contributed by atoms with E-state index in [-0.39, 0.29) is 36.2 Å². The van der Waals surface area contributed by atoms with E-state index in [4.69, 9.17) is 0 Å². The van der Waals surface area contributed by atoms with Crippen LogP contribution in [0.1, 0.15) is 54.9 Å². The number of hydrogen-bond acceptors (Lipinski definition) is 4. The van der Waals surface area contributed by atoms with E-state index in [9.17, 15) is 19.2 Å². The average molecular weight is 408 g/mol. The van der Waals surface area contributed by atoms with E-state index in [0.717, 1.165) is 22.3 Å². The third kappa shape index (κ3) is 4.30. The molecule has 2 amide bonds. The molecule has 0 unspecified atom stereocenters. The summed E-state index contributed by atoms with van der Waals surface area (Å²) in [6, 6.07) is 3.82. The van der Waals surface area contributed by atoms with Gasteiger partial charge >= 0.3 is 0 Å². The third-order valence-electron chi connectivity index (χ3n) is 6.08. The van der Waals surface area contributed by atoms with E-state index in [0.29, 0.717) is 26.2 Å². The van der Waals surface area contributed by atoms with Crippen LogP contribution in [0.2, 0.25) is 0 Å². The Kier molecular flexibility index (Phi) is 6.40. The Labute approximate surface area is 177 Å². The van der Waals surface area contributed by atoms with Crippen molar-refractivity contribution in [1.82, 2.24) is 9.80 Å². The molecule has 1 aliphatic heterocycles. The Morgan fingerprint density at radius 3 is 1.90 bits per heavy atom. The van der Waals surface area contributed by atoms with Crippen molar-refractivity contribution < 1.29 is 19.2 Å². The lowest BCUT2D eigenvalue weighted by Crippen LogP contribution is -2.52. The number of ketones is 2. The maximum absolute atomic E-state index is 13.0. The zero-order chi connectivity index (χ0) is 22.0. The van der Waals surface area contributed by atoms with Crippen molar-refractivity contribution in [3.63, 3.8) is 0 Å². The van der Waals surface area contributed by atoms with Gasteiger partial charge in [-0.15, -0.1) is 5.92 Å². The average Bonchev–Trinajstić information content (AvgIpc) is 2.69. The monoisotopic (exact) mass is 408 g/mol. The summed E-state index contributed by atoms with van der Waals surface area (Å²) in [4.78, 5) is 53.7. The zero-order valence-electron chi connectivity index (χ0n) is 18.1. The maximum atomic E-state index is 13.0. The standard InChI is InChI=1S/C24H28N2O4/c1-5-6-18-11-15(2)22(16(3)12-18)23-20(28)13-19(14-21(23)29)24(30)26-9-7-25(8-10-26)17(4)27/h11-12,19,23H,7-10,13-14H2,1-4H3. The fourth-order valence-corrected chi connectivity index (χ4v) is 4.62. The second-order valence-corrected chi connectivity index (χ2v) is 8.20. The minimum absolute atomic E-state index is 0.00496. The summed E-state index contributed by atoms with van der Waals surface area (Å²) < 4.78 is 0. The second-order valence-electron chi connectivity index (χ2n) is 8.20. The number of nitrogens with zero attached hydrogens (tertiary/aromatic N) is 2. The van der Waals surface area contributed by atoms with Crippen LogP contribution in [0.4, 0.5) is 0 Å². The van der Waals surface area contributed by atoms with Crippen LogP contribution in [0.25, 0.3) is 0 Å². The number of amides is 2. The molecule has 0 bridgehead atoms. The van der Waals surface area contributed by atoms with Gasteiger partial charge in [0.25, 0.3) is 0 Å². The summed E-state index contributed by atoms with van der Waals surface area (Å²) in [7, 11) is 0. The number of hydrogen-bond donors (Lipinski definition) is 0. The van der Waals surface area contributed by atoms with Crippen LogP contribution in [0.3, 0.4) is 0 Å². The molecule has 6 heteroatoms. The summed E-state index contributed by atoms with van der Waals surface area (Å²) in [5.41, 5.74) is 3.38. The third-order valence-corrected chi connectivity index (χ3v) is 6.08. The minimum atomic E-state index is -0.799. The Balaban J connectivity index is 1.74. The van der Waals surface area contributed by atoms with Gasteiger partial charge in [-0.05, 0) is 49.6 Å². The number of rotatable bonds is 2. The topological polar surface area (TPSA) is 74.8 Å². The molecule has 3 rings (SSSR count). The van der Waals surface area contributed by atoms with Crippen LogP contribution in [0, 0.1) is 31.6 Å². The van der Waals surface area contributed by atoms with Crippen LogP contribution in [-0.2, 0) is 19.2 Å². The molecule has 2 aliphatic rings. The normalized spacial score (nSPS) is 21.9. The summed E-state index contributed by atoms with van der Waals surface area (Å²) in [6.07, 6.45) is 0.162. The van der Waals surface area contributed by atoms with Crippen molar-refractivity contribution in [2.75, 3.05) is 26.2 Å². The Bertz CT molecular complexity index is 920. The predicted molar refractivity (Wildman–Crippen MR) is 113 cm³/mol. The van der Waals surface area contributed by atoms with Gasteiger partial charge in [-0.2, -0.15) is 0 Å². The van der Waals surface area contributed by atoms with Crippen molar-refractivity contribution in [2.45, 2.75) is 46.5 Å². The zero-order valence-corrected chi connectivity index (χ0v) is 18.1. The number of carbonyl (C=O) groups is 4. The molecular weight excluding hydrogens is 380 g/mol. The molecular formula is C24H28N2O4. The first-order valence-corrected chi connectivity index (χ1v) is 10.4. The van der Waals surface area contributed by atoms with E-state index in [1.54, 1.807) is 16.7 Å². The highest BCUT2D eigenvalue weighted by molar-refractivity contribution is 6.12. The van der Waals surface area contributed by atoms with Crippen LogP contribution in [-0.4, -0.2) is 59.4 Å². The summed E-state index contributed by atoms with van der Waals surface area (Å²) >= 11 is 0. The summed E-state index contributed by atoms with van der Waals surface area (Å²) in [5.74, 6) is 3.95. The van der Waals surface area contributed by atoms with E-state index in [1.165, 1.54) is 6.92 Å². The first-order valence-electron chi connectivity index (χ1n) is 10.4. The molecule has 30 heavy (non-hydrogen) atoms. The highest BCUT2D eigenvalue weighted by atomic mass is 16.2. The predicted octanol–water partition coefficient (Wildman–Crippen LogP) is 2.00. The lowest BCUT2D eigenvalue weighted by atomic mass is 9.74. The second kappa shape index (κ2) is 8.83. The van der Waals surface area contributed by atoms with Crippen LogP contribution >= 0.6 is 0 Å². The molecule has 0 aromatic heterocycles. The molecule has 158 valence electrons. The molecule has 2 fully saturated rings. The molecule has 0 radical (unpaired) electrons. The van der Waals surface area contributed by atoms with Gasteiger partial charge < -0.3 is 9.80 Å². The van der Waals surface area contributed by atoms with Gasteiger partial charge in [0.15, 0.2) is 0 Å². The molecule has 1 heterocycles. The van der Waals surface area contributed by atoms with Crippen LogP contribution in [0.5, 0.6) is 0 Å². The molecule has 1 aliphatic carbocycles. The maximum Gasteiger partial charge on any atom is 0.226 e. The quantitative estimate of drug-likeness (QED) is 0.554. The number of benzene rings is 1. The van der Waals surface area contributed by atoms with Crippen molar-refractivity contribution in [2.24, 2.45) is 5.92 Å². The smallest absolute Gasteiger partial charge is 0.226 e. The van der Waals surface area contributed by atoms with Crippen molar-refractivity contribution in [3.05, 3.63) is 34.4 Å². The lowest BCUT2D eigenvalue weighted by Gasteiger charge is -2.37. The van der Waals surface area contributed by atoms with Gasteiger partial charge in [-0.1, -0.05) is 5.92 Å². The fraction of sp³-hybridized carbons (Fsp3) is 0.500. The first kappa shape index (κ1) is 21.8. The molecule has 1 aromatic rings. The van der Waals surface area contributed by atoms with Gasteiger partial charge in [-0.25, -0.2) is 0 Å². The van der Waals surface area contributed by atoms with Gasteiger partial charge in [0.2, 0.25) is 11.8 Å². The van der Waals surface area contributed by atoms with Gasteiger partial charge in [0.05, 0.1) is 5.92 Å². The van der Waals surface area contributed by atoms with Crippen LogP contribution in [0.15, 0.2) is 12.1 Å². The van der Waals surface area contributed by atoms with Gasteiger partial charge in [-0.3, -0.25) is 19.2 Å². The van der Waals surface area contributed by atoms with Crippen LogP contribution < -0.4 is 0 Å². The van der Waals surface area contributed by atoms with Gasteiger partial charge in [0, 0.05) is 51.5 Å².